The van der Waals surface area contributed by atoms with Crippen molar-refractivity contribution < 1.29 is 4.74 Å². The molecule has 3 saturated carbocycles. The monoisotopic (exact) mass is 238 g/mol. The zero-order valence-corrected chi connectivity index (χ0v) is 10.9. The minimum absolute atomic E-state index is 0.435. The lowest BCUT2D eigenvalue weighted by atomic mass is 9.85. The van der Waals surface area contributed by atoms with E-state index < -0.39 is 0 Å². The highest BCUT2D eigenvalue weighted by atomic mass is 16.5. The van der Waals surface area contributed by atoms with Gasteiger partial charge >= 0.3 is 0 Å². The highest BCUT2D eigenvalue weighted by Gasteiger charge is 2.45. The van der Waals surface area contributed by atoms with Crippen molar-refractivity contribution in [1.29, 1.82) is 0 Å². The van der Waals surface area contributed by atoms with Crippen molar-refractivity contribution in [3.8, 4) is 0 Å². The van der Waals surface area contributed by atoms with Crippen molar-refractivity contribution in [2.45, 2.75) is 56.7 Å². The summed E-state index contributed by atoms with van der Waals surface area (Å²) in [4.78, 5) is 0. The molecule has 0 heterocycles. The summed E-state index contributed by atoms with van der Waals surface area (Å²) in [5.41, 5.74) is 6.34. The number of rotatable bonds is 4. The number of hydrogen-bond acceptors (Lipinski definition) is 3. The summed E-state index contributed by atoms with van der Waals surface area (Å²) in [6, 6.07) is 1.04. The van der Waals surface area contributed by atoms with E-state index in [4.69, 9.17) is 10.5 Å². The molecule has 0 amide bonds. The Morgan fingerprint density at radius 3 is 2.71 bits per heavy atom. The normalized spacial score (nSPS) is 49.1. The van der Waals surface area contributed by atoms with Gasteiger partial charge in [0.2, 0.25) is 0 Å². The van der Waals surface area contributed by atoms with Gasteiger partial charge in [0.15, 0.2) is 0 Å². The predicted octanol–water partition coefficient (Wildman–Crippen LogP) is 1.52. The van der Waals surface area contributed by atoms with Gasteiger partial charge in [0, 0.05) is 25.7 Å². The van der Waals surface area contributed by atoms with Crippen molar-refractivity contribution in [1.82, 2.24) is 5.32 Å². The molecule has 2 bridgehead atoms. The highest BCUT2D eigenvalue weighted by molar-refractivity contribution is 5.00. The number of nitrogens with one attached hydrogen (secondary N) is 1. The molecule has 3 nitrogen and oxygen atoms in total. The Morgan fingerprint density at radius 2 is 2.00 bits per heavy atom. The molecule has 3 heteroatoms. The molecule has 17 heavy (non-hydrogen) atoms. The van der Waals surface area contributed by atoms with Gasteiger partial charge in [-0.1, -0.05) is 0 Å². The molecule has 3 aliphatic carbocycles. The molecule has 6 atom stereocenters. The molecular weight excluding hydrogens is 212 g/mol. The van der Waals surface area contributed by atoms with Gasteiger partial charge in [-0.2, -0.15) is 0 Å². The van der Waals surface area contributed by atoms with Crippen LogP contribution in [0.4, 0.5) is 0 Å². The van der Waals surface area contributed by atoms with E-state index >= 15 is 0 Å². The molecule has 0 spiro atoms. The van der Waals surface area contributed by atoms with Gasteiger partial charge in [-0.25, -0.2) is 0 Å². The summed E-state index contributed by atoms with van der Waals surface area (Å²) in [6.07, 6.45) is 8.43. The molecule has 3 aliphatic rings. The highest BCUT2D eigenvalue weighted by Crippen LogP contribution is 2.47. The van der Waals surface area contributed by atoms with Crippen LogP contribution in [0.1, 0.15) is 38.5 Å². The van der Waals surface area contributed by atoms with Crippen LogP contribution in [-0.4, -0.2) is 31.8 Å². The first-order chi connectivity index (χ1) is 8.29. The van der Waals surface area contributed by atoms with Gasteiger partial charge < -0.3 is 15.8 Å². The second-order valence-electron chi connectivity index (χ2n) is 6.29. The standard InChI is InChI=1S/C14H26N2O/c1-17-13-4-2-3-12(13)16-8-11-9-5-6-10(7-9)14(11)15/h9-14,16H,2-8,15H2,1H3. The van der Waals surface area contributed by atoms with Gasteiger partial charge in [0.25, 0.3) is 0 Å². The van der Waals surface area contributed by atoms with Crippen LogP contribution in [-0.2, 0) is 4.74 Å². The zero-order chi connectivity index (χ0) is 11.8. The van der Waals surface area contributed by atoms with Gasteiger partial charge in [-0.3, -0.25) is 0 Å². The molecule has 0 aromatic heterocycles. The van der Waals surface area contributed by atoms with Gasteiger partial charge in [0.05, 0.1) is 6.10 Å². The Labute approximate surface area is 104 Å². The van der Waals surface area contributed by atoms with Crippen molar-refractivity contribution in [3.05, 3.63) is 0 Å². The molecule has 6 unspecified atom stereocenters. The Hall–Kier alpha value is -0.120. The lowest BCUT2D eigenvalue weighted by molar-refractivity contribution is 0.0821. The third-order valence-electron chi connectivity index (χ3n) is 5.53. The average molecular weight is 238 g/mol. The predicted molar refractivity (Wildman–Crippen MR) is 68.7 cm³/mol. The Morgan fingerprint density at radius 1 is 1.18 bits per heavy atom. The van der Waals surface area contributed by atoms with Crippen LogP contribution >= 0.6 is 0 Å². The van der Waals surface area contributed by atoms with Gasteiger partial charge in [0.1, 0.15) is 0 Å². The lowest BCUT2D eigenvalue weighted by Crippen LogP contribution is -2.46. The van der Waals surface area contributed by atoms with Crippen molar-refractivity contribution in [2.75, 3.05) is 13.7 Å². The third-order valence-corrected chi connectivity index (χ3v) is 5.53. The van der Waals surface area contributed by atoms with E-state index in [9.17, 15) is 0 Å². The smallest absolute Gasteiger partial charge is 0.0724 e. The first-order valence-corrected chi connectivity index (χ1v) is 7.31. The maximum Gasteiger partial charge on any atom is 0.0724 e. The Balaban J connectivity index is 1.51. The molecule has 3 rings (SSSR count). The first-order valence-electron chi connectivity index (χ1n) is 7.31. The average Bonchev–Trinajstić information content (AvgIpc) is 3.02. The lowest BCUT2D eigenvalue weighted by Gasteiger charge is -2.30. The summed E-state index contributed by atoms with van der Waals surface area (Å²) in [5, 5.41) is 3.73. The number of methoxy groups -OCH3 is 1. The van der Waals surface area contributed by atoms with Crippen LogP contribution in [0.25, 0.3) is 0 Å². The van der Waals surface area contributed by atoms with E-state index in [1.165, 1.54) is 38.5 Å². The fraction of sp³-hybridized carbons (Fsp3) is 1.00. The number of nitrogens with two attached hydrogens (primary N) is 1. The molecule has 0 aliphatic heterocycles. The topological polar surface area (TPSA) is 47.3 Å². The van der Waals surface area contributed by atoms with E-state index in [1.807, 2.05) is 7.11 Å². The Bertz CT molecular complexity index is 269. The summed E-state index contributed by atoms with van der Waals surface area (Å²) in [6.45, 7) is 1.12. The molecule has 3 fully saturated rings. The summed E-state index contributed by atoms with van der Waals surface area (Å²) >= 11 is 0. The second kappa shape index (κ2) is 4.87. The summed E-state index contributed by atoms with van der Waals surface area (Å²) in [7, 11) is 1.84. The van der Waals surface area contributed by atoms with E-state index in [0.29, 0.717) is 18.2 Å². The molecule has 3 N–H and O–H groups in total. The molecule has 0 aromatic rings. The van der Waals surface area contributed by atoms with Crippen LogP contribution in [0, 0.1) is 17.8 Å². The maximum atomic E-state index is 6.34. The quantitative estimate of drug-likeness (QED) is 0.780. The fourth-order valence-corrected chi connectivity index (χ4v) is 4.49. The van der Waals surface area contributed by atoms with Crippen LogP contribution in [0.2, 0.25) is 0 Å². The number of ether oxygens (including phenoxy) is 1. The summed E-state index contributed by atoms with van der Waals surface area (Å²) < 4.78 is 5.53. The maximum absolute atomic E-state index is 6.34. The first kappa shape index (κ1) is 11.9. The van der Waals surface area contributed by atoms with Gasteiger partial charge in [-0.15, -0.1) is 0 Å². The van der Waals surface area contributed by atoms with E-state index in [-0.39, 0.29) is 0 Å². The number of fused-ring (bicyclic) bond motifs is 2. The van der Waals surface area contributed by atoms with Crippen LogP contribution in [0.5, 0.6) is 0 Å². The Kier molecular flexibility index (Phi) is 3.42. The number of hydrogen-bond donors (Lipinski definition) is 2. The van der Waals surface area contributed by atoms with Gasteiger partial charge in [-0.05, 0) is 56.3 Å². The van der Waals surface area contributed by atoms with Crippen LogP contribution in [0.15, 0.2) is 0 Å². The van der Waals surface area contributed by atoms with Crippen molar-refractivity contribution in [3.63, 3.8) is 0 Å². The van der Waals surface area contributed by atoms with Crippen molar-refractivity contribution >= 4 is 0 Å². The minimum atomic E-state index is 0.435. The van der Waals surface area contributed by atoms with E-state index in [1.54, 1.807) is 0 Å². The van der Waals surface area contributed by atoms with Crippen molar-refractivity contribution in [2.24, 2.45) is 23.5 Å². The minimum Gasteiger partial charge on any atom is -0.380 e. The molecule has 98 valence electrons. The zero-order valence-electron chi connectivity index (χ0n) is 10.9. The second-order valence-corrected chi connectivity index (χ2v) is 6.29. The SMILES string of the molecule is COC1CCCC1NCC1C2CCC(C2)C1N. The molecule has 0 saturated heterocycles. The van der Waals surface area contributed by atoms with E-state index in [0.717, 1.165) is 24.3 Å². The summed E-state index contributed by atoms with van der Waals surface area (Å²) in [5.74, 6) is 2.46. The van der Waals surface area contributed by atoms with Crippen LogP contribution in [0.3, 0.4) is 0 Å². The molecular formula is C14H26N2O. The largest absolute Gasteiger partial charge is 0.380 e. The van der Waals surface area contributed by atoms with E-state index in [2.05, 4.69) is 5.32 Å². The third kappa shape index (κ3) is 2.13. The molecule has 0 aromatic carbocycles. The molecule has 0 radical (unpaired) electrons. The fourth-order valence-electron chi connectivity index (χ4n) is 4.49. The van der Waals surface area contributed by atoms with Crippen LogP contribution < -0.4 is 11.1 Å².